The van der Waals surface area contributed by atoms with Gasteiger partial charge < -0.3 is 5.43 Å². The Labute approximate surface area is 119 Å². The van der Waals surface area contributed by atoms with Gasteiger partial charge in [0.1, 0.15) is 11.5 Å². The monoisotopic (exact) mass is 293 g/mol. The van der Waals surface area contributed by atoms with Crippen molar-refractivity contribution in [2.75, 3.05) is 10.7 Å². The molecule has 0 atom stereocenters. The molecule has 4 N–H and O–H groups in total. The van der Waals surface area contributed by atoms with Crippen LogP contribution >= 0.6 is 11.6 Å². The normalized spacial score (nSPS) is 10.2. The molecular weight excluding hydrogens is 282 g/mol. The van der Waals surface area contributed by atoms with Crippen molar-refractivity contribution in [1.82, 2.24) is 20.2 Å². The first-order chi connectivity index (χ1) is 9.51. The van der Waals surface area contributed by atoms with Gasteiger partial charge in [-0.05, 0) is 26.0 Å². The summed E-state index contributed by atoms with van der Waals surface area (Å²) >= 11 is 5.92. The molecule has 2 aromatic heterocycles. The zero-order valence-corrected chi connectivity index (χ0v) is 11.6. The van der Waals surface area contributed by atoms with Gasteiger partial charge in [0, 0.05) is 0 Å². The van der Waals surface area contributed by atoms with Gasteiger partial charge in [-0.25, -0.2) is 15.8 Å². The SMILES string of the molecule is Cc1nnc(NC(=O)c2nc(NN)ccc2Cl)nc1C. The zero-order chi connectivity index (χ0) is 14.7. The number of hydrogen-bond donors (Lipinski definition) is 3. The van der Waals surface area contributed by atoms with Crippen molar-refractivity contribution in [1.29, 1.82) is 0 Å². The standard InChI is InChI=1S/C11H12ClN7O/c1-5-6(2)18-19-11(14-5)16-10(20)9-7(12)3-4-8(15-9)17-13/h3-4H,13H2,1-2H3,(H,15,17)(H,14,16,19,20). The number of aromatic nitrogens is 4. The van der Waals surface area contributed by atoms with Crippen LogP contribution in [0.25, 0.3) is 0 Å². The smallest absolute Gasteiger partial charge is 0.278 e. The lowest BCUT2D eigenvalue weighted by atomic mass is 10.3. The first kappa shape index (κ1) is 14.1. The molecule has 20 heavy (non-hydrogen) atoms. The van der Waals surface area contributed by atoms with Crippen LogP contribution in [-0.2, 0) is 0 Å². The summed E-state index contributed by atoms with van der Waals surface area (Å²) in [5.74, 6) is 5.10. The second-order valence-electron chi connectivity index (χ2n) is 3.93. The fourth-order valence-electron chi connectivity index (χ4n) is 1.35. The number of anilines is 2. The Balaban J connectivity index is 2.25. The summed E-state index contributed by atoms with van der Waals surface area (Å²) in [6, 6.07) is 3.06. The number of carbonyl (C=O) groups excluding carboxylic acids is 1. The Hall–Kier alpha value is -2.32. The van der Waals surface area contributed by atoms with Gasteiger partial charge in [-0.1, -0.05) is 11.6 Å². The van der Waals surface area contributed by atoms with Crippen molar-refractivity contribution in [3.63, 3.8) is 0 Å². The van der Waals surface area contributed by atoms with Gasteiger partial charge in [-0.15, -0.1) is 5.10 Å². The number of rotatable bonds is 3. The van der Waals surface area contributed by atoms with Crippen molar-refractivity contribution in [2.45, 2.75) is 13.8 Å². The van der Waals surface area contributed by atoms with E-state index in [1.807, 2.05) is 0 Å². The average Bonchev–Trinajstić information content (AvgIpc) is 2.43. The second-order valence-corrected chi connectivity index (χ2v) is 4.34. The number of hydrogen-bond acceptors (Lipinski definition) is 7. The van der Waals surface area contributed by atoms with E-state index in [2.05, 4.69) is 30.9 Å². The molecule has 8 nitrogen and oxygen atoms in total. The van der Waals surface area contributed by atoms with Crippen molar-refractivity contribution in [3.8, 4) is 0 Å². The highest BCUT2D eigenvalue weighted by atomic mass is 35.5. The van der Waals surface area contributed by atoms with Gasteiger partial charge in [0.15, 0.2) is 0 Å². The molecule has 0 unspecified atom stereocenters. The Morgan fingerprint density at radius 2 is 1.95 bits per heavy atom. The Bertz CT molecular complexity index is 661. The van der Waals surface area contributed by atoms with E-state index in [1.54, 1.807) is 19.9 Å². The number of halogens is 1. The molecule has 2 rings (SSSR count). The highest BCUT2D eigenvalue weighted by Gasteiger charge is 2.15. The molecule has 104 valence electrons. The molecule has 0 saturated heterocycles. The van der Waals surface area contributed by atoms with Gasteiger partial charge in [0.05, 0.1) is 16.4 Å². The number of aryl methyl sites for hydroxylation is 2. The number of hydrazine groups is 1. The summed E-state index contributed by atoms with van der Waals surface area (Å²) < 4.78 is 0. The van der Waals surface area contributed by atoms with Gasteiger partial charge >= 0.3 is 0 Å². The van der Waals surface area contributed by atoms with Crippen LogP contribution < -0.4 is 16.6 Å². The number of nitrogens with two attached hydrogens (primary N) is 1. The molecule has 2 aromatic rings. The maximum absolute atomic E-state index is 12.1. The van der Waals surface area contributed by atoms with Gasteiger partial charge in [0.25, 0.3) is 5.91 Å². The number of nitrogen functional groups attached to an aromatic ring is 1. The summed E-state index contributed by atoms with van der Waals surface area (Å²) in [5, 5.41) is 10.3. The number of carbonyl (C=O) groups is 1. The maximum atomic E-state index is 12.1. The summed E-state index contributed by atoms with van der Waals surface area (Å²) in [6.45, 7) is 3.54. The third-order valence-corrected chi connectivity index (χ3v) is 2.83. The minimum atomic E-state index is -0.544. The lowest BCUT2D eigenvalue weighted by molar-refractivity contribution is 0.102. The second kappa shape index (κ2) is 5.76. The largest absolute Gasteiger partial charge is 0.308 e. The summed E-state index contributed by atoms with van der Waals surface area (Å²) in [6.07, 6.45) is 0. The molecule has 0 aliphatic heterocycles. The zero-order valence-electron chi connectivity index (χ0n) is 10.8. The molecule has 0 aromatic carbocycles. The molecular formula is C11H12ClN7O. The third-order valence-electron chi connectivity index (χ3n) is 2.53. The van der Waals surface area contributed by atoms with Gasteiger partial charge in [-0.2, -0.15) is 5.10 Å². The maximum Gasteiger partial charge on any atom is 0.278 e. The van der Waals surface area contributed by atoms with E-state index in [9.17, 15) is 4.79 Å². The van der Waals surface area contributed by atoms with E-state index >= 15 is 0 Å². The van der Waals surface area contributed by atoms with Crippen LogP contribution in [-0.4, -0.2) is 26.1 Å². The van der Waals surface area contributed by atoms with Crippen molar-refractivity contribution >= 4 is 29.3 Å². The van der Waals surface area contributed by atoms with Crippen LogP contribution in [0, 0.1) is 13.8 Å². The van der Waals surface area contributed by atoms with E-state index in [-0.39, 0.29) is 16.7 Å². The molecule has 0 spiro atoms. The first-order valence-electron chi connectivity index (χ1n) is 5.63. The summed E-state index contributed by atoms with van der Waals surface area (Å²) in [5.41, 5.74) is 3.72. The number of amides is 1. The number of pyridine rings is 1. The molecule has 0 aliphatic rings. The van der Waals surface area contributed by atoms with Gasteiger partial charge in [0.2, 0.25) is 5.95 Å². The van der Waals surface area contributed by atoms with E-state index in [0.29, 0.717) is 17.2 Å². The topological polar surface area (TPSA) is 119 Å². The Morgan fingerprint density at radius 1 is 1.20 bits per heavy atom. The third kappa shape index (κ3) is 2.98. The molecule has 0 saturated carbocycles. The van der Waals surface area contributed by atoms with E-state index < -0.39 is 5.91 Å². The molecule has 0 fully saturated rings. The van der Waals surface area contributed by atoms with E-state index in [0.717, 1.165) is 0 Å². The Morgan fingerprint density at radius 3 is 2.60 bits per heavy atom. The lowest BCUT2D eigenvalue weighted by Crippen LogP contribution is -2.19. The molecule has 1 amide bonds. The Kier molecular flexibility index (Phi) is 4.06. The van der Waals surface area contributed by atoms with Crippen LogP contribution in [0.15, 0.2) is 12.1 Å². The highest BCUT2D eigenvalue weighted by Crippen LogP contribution is 2.17. The fraction of sp³-hybridized carbons (Fsp3) is 0.182. The molecule has 0 radical (unpaired) electrons. The van der Waals surface area contributed by atoms with Crippen LogP contribution in [0.1, 0.15) is 21.9 Å². The van der Waals surface area contributed by atoms with Crippen LogP contribution in [0.4, 0.5) is 11.8 Å². The fourth-order valence-corrected chi connectivity index (χ4v) is 1.54. The highest BCUT2D eigenvalue weighted by molar-refractivity contribution is 6.34. The van der Waals surface area contributed by atoms with Crippen molar-refractivity contribution < 1.29 is 4.79 Å². The van der Waals surface area contributed by atoms with Crippen molar-refractivity contribution in [2.24, 2.45) is 5.84 Å². The van der Waals surface area contributed by atoms with Crippen LogP contribution in [0.2, 0.25) is 5.02 Å². The van der Waals surface area contributed by atoms with Gasteiger partial charge in [-0.3, -0.25) is 10.1 Å². The first-order valence-corrected chi connectivity index (χ1v) is 6.01. The van der Waals surface area contributed by atoms with E-state index in [4.69, 9.17) is 17.4 Å². The van der Waals surface area contributed by atoms with E-state index in [1.165, 1.54) is 6.07 Å². The summed E-state index contributed by atoms with van der Waals surface area (Å²) in [7, 11) is 0. The molecule has 0 aliphatic carbocycles. The average molecular weight is 294 g/mol. The molecule has 0 bridgehead atoms. The molecule has 9 heteroatoms. The predicted octanol–water partition coefficient (Wildman–Crippen LogP) is 1.07. The van der Waals surface area contributed by atoms with Crippen LogP contribution in [0.3, 0.4) is 0 Å². The molecule has 2 heterocycles. The quantitative estimate of drug-likeness (QED) is 0.572. The predicted molar refractivity (Wildman–Crippen MR) is 74.3 cm³/mol. The summed E-state index contributed by atoms with van der Waals surface area (Å²) in [4.78, 5) is 20.1. The number of nitrogens with zero attached hydrogens (tertiary/aromatic N) is 4. The van der Waals surface area contributed by atoms with Crippen LogP contribution in [0.5, 0.6) is 0 Å². The lowest BCUT2D eigenvalue weighted by Gasteiger charge is -2.07. The van der Waals surface area contributed by atoms with Crippen molar-refractivity contribution in [3.05, 3.63) is 34.2 Å². The number of nitrogens with one attached hydrogen (secondary N) is 2. The minimum absolute atomic E-state index is 0.0175. The minimum Gasteiger partial charge on any atom is -0.308 e.